The Balaban J connectivity index is 2.33. The van der Waals surface area contributed by atoms with Crippen molar-refractivity contribution in [1.29, 1.82) is 0 Å². The Hall–Kier alpha value is -1.30. The highest BCUT2D eigenvalue weighted by Gasteiger charge is 2.15. The molecule has 0 saturated carbocycles. The number of rotatable bonds is 3. The Kier molecular flexibility index (Phi) is 3.51. The minimum absolute atomic E-state index is 0.0333. The molecular formula is C11H9BrF2N2O. The third-order valence-electron chi connectivity index (χ3n) is 2.25. The van der Waals surface area contributed by atoms with Crippen molar-refractivity contribution in [2.24, 2.45) is 0 Å². The summed E-state index contributed by atoms with van der Waals surface area (Å²) in [5.74, 6) is -1.16. The van der Waals surface area contributed by atoms with Gasteiger partial charge in [0.05, 0.1) is 4.83 Å². The summed E-state index contributed by atoms with van der Waals surface area (Å²) in [6.45, 7) is 1.96. The summed E-state index contributed by atoms with van der Waals surface area (Å²) in [5, 5.41) is 3.72. The SMILES string of the molecule is CCC(Br)c1nc(-c2ccc(F)c(F)c2)no1. The number of halogens is 3. The third kappa shape index (κ3) is 2.52. The van der Waals surface area contributed by atoms with Gasteiger partial charge in [0, 0.05) is 5.56 Å². The van der Waals surface area contributed by atoms with E-state index in [1.54, 1.807) is 0 Å². The van der Waals surface area contributed by atoms with E-state index in [9.17, 15) is 8.78 Å². The molecule has 0 aliphatic carbocycles. The molecule has 0 fully saturated rings. The smallest absolute Gasteiger partial charge is 0.240 e. The topological polar surface area (TPSA) is 38.9 Å². The molecule has 17 heavy (non-hydrogen) atoms. The minimum Gasteiger partial charge on any atom is -0.338 e. The van der Waals surface area contributed by atoms with E-state index in [0.29, 0.717) is 11.5 Å². The first kappa shape index (κ1) is 12.2. The maximum Gasteiger partial charge on any atom is 0.240 e. The van der Waals surface area contributed by atoms with Gasteiger partial charge < -0.3 is 4.52 Å². The summed E-state index contributed by atoms with van der Waals surface area (Å²) >= 11 is 3.37. The second-order valence-corrected chi connectivity index (χ2v) is 4.57. The highest BCUT2D eigenvalue weighted by molar-refractivity contribution is 9.09. The van der Waals surface area contributed by atoms with Gasteiger partial charge in [-0.05, 0) is 24.6 Å². The number of benzene rings is 1. The predicted molar refractivity (Wildman–Crippen MR) is 61.6 cm³/mol. The summed E-state index contributed by atoms with van der Waals surface area (Å²) < 4.78 is 30.8. The Morgan fingerprint density at radius 3 is 2.76 bits per heavy atom. The van der Waals surface area contributed by atoms with E-state index in [0.717, 1.165) is 18.6 Å². The quantitative estimate of drug-likeness (QED) is 0.808. The van der Waals surface area contributed by atoms with Crippen molar-refractivity contribution in [3.63, 3.8) is 0 Å². The molecule has 1 aromatic carbocycles. The maximum absolute atomic E-state index is 13.0. The van der Waals surface area contributed by atoms with Gasteiger partial charge >= 0.3 is 0 Å². The lowest BCUT2D eigenvalue weighted by molar-refractivity contribution is 0.377. The Labute approximate surface area is 105 Å². The van der Waals surface area contributed by atoms with Crippen molar-refractivity contribution < 1.29 is 13.3 Å². The second-order valence-electron chi connectivity index (χ2n) is 3.46. The molecule has 2 rings (SSSR count). The van der Waals surface area contributed by atoms with Crippen LogP contribution in [0.15, 0.2) is 22.7 Å². The molecule has 3 nitrogen and oxygen atoms in total. The van der Waals surface area contributed by atoms with Gasteiger partial charge in [-0.25, -0.2) is 8.78 Å². The van der Waals surface area contributed by atoms with Crippen molar-refractivity contribution in [3.05, 3.63) is 35.7 Å². The Morgan fingerprint density at radius 1 is 1.35 bits per heavy atom. The molecule has 0 amide bonds. The molecule has 90 valence electrons. The maximum atomic E-state index is 13.0. The Morgan fingerprint density at radius 2 is 2.12 bits per heavy atom. The van der Waals surface area contributed by atoms with Crippen LogP contribution in [-0.4, -0.2) is 10.1 Å². The van der Waals surface area contributed by atoms with Crippen LogP contribution in [0.3, 0.4) is 0 Å². The van der Waals surface area contributed by atoms with Crippen molar-refractivity contribution in [2.45, 2.75) is 18.2 Å². The molecule has 1 unspecified atom stereocenters. The van der Waals surface area contributed by atoms with Gasteiger partial charge in [-0.15, -0.1) is 0 Å². The van der Waals surface area contributed by atoms with E-state index in [-0.39, 0.29) is 10.7 Å². The average Bonchev–Trinajstić information content (AvgIpc) is 2.81. The minimum atomic E-state index is -0.931. The third-order valence-corrected chi connectivity index (χ3v) is 3.29. The molecule has 0 N–H and O–H groups in total. The Bertz CT molecular complexity index is 530. The summed E-state index contributed by atoms with van der Waals surface area (Å²) in [5.41, 5.74) is 0.384. The number of hydrogen-bond donors (Lipinski definition) is 0. The van der Waals surface area contributed by atoms with Crippen LogP contribution in [0.2, 0.25) is 0 Å². The van der Waals surface area contributed by atoms with Crippen LogP contribution in [0.25, 0.3) is 11.4 Å². The standard InChI is InChI=1S/C11H9BrF2N2O/c1-2-7(12)11-15-10(16-17-11)6-3-4-8(13)9(14)5-6/h3-5,7H,2H2,1H3. The van der Waals surface area contributed by atoms with Crippen molar-refractivity contribution in [3.8, 4) is 11.4 Å². The fourth-order valence-corrected chi connectivity index (χ4v) is 1.48. The van der Waals surface area contributed by atoms with Gasteiger partial charge in [0.2, 0.25) is 11.7 Å². The first-order valence-electron chi connectivity index (χ1n) is 5.05. The molecule has 0 aliphatic rings. The molecule has 1 aromatic heterocycles. The lowest BCUT2D eigenvalue weighted by Crippen LogP contribution is -1.89. The zero-order valence-electron chi connectivity index (χ0n) is 8.95. The van der Waals surface area contributed by atoms with Gasteiger partial charge in [-0.3, -0.25) is 0 Å². The molecular weight excluding hydrogens is 294 g/mol. The largest absolute Gasteiger partial charge is 0.338 e. The van der Waals surface area contributed by atoms with Gasteiger partial charge in [0.1, 0.15) is 0 Å². The molecule has 1 heterocycles. The fraction of sp³-hybridized carbons (Fsp3) is 0.273. The number of alkyl halides is 1. The highest BCUT2D eigenvalue weighted by atomic mass is 79.9. The first-order valence-corrected chi connectivity index (χ1v) is 5.96. The van der Waals surface area contributed by atoms with E-state index in [2.05, 4.69) is 26.1 Å². The van der Waals surface area contributed by atoms with Crippen molar-refractivity contribution in [1.82, 2.24) is 10.1 Å². The van der Waals surface area contributed by atoms with Gasteiger partial charge in [-0.2, -0.15) is 4.98 Å². The highest BCUT2D eigenvalue weighted by Crippen LogP contribution is 2.26. The van der Waals surface area contributed by atoms with Crippen LogP contribution in [0.5, 0.6) is 0 Å². The number of hydrogen-bond acceptors (Lipinski definition) is 3. The van der Waals surface area contributed by atoms with Crippen LogP contribution >= 0.6 is 15.9 Å². The van der Waals surface area contributed by atoms with Crippen LogP contribution in [0, 0.1) is 11.6 Å². The molecule has 0 spiro atoms. The summed E-state index contributed by atoms with van der Waals surface area (Å²) in [7, 11) is 0. The zero-order chi connectivity index (χ0) is 12.4. The van der Waals surface area contributed by atoms with Crippen LogP contribution < -0.4 is 0 Å². The normalized spacial score (nSPS) is 12.7. The molecule has 6 heteroatoms. The molecule has 0 radical (unpaired) electrons. The monoisotopic (exact) mass is 302 g/mol. The van der Waals surface area contributed by atoms with E-state index in [1.807, 2.05) is 6.92 Å². The van der Waals surface area contributed by atoms with Crippen molar-refractivity contribution >= 4 is 15.9 Å². The van der Waals surface area contributed by atoms with E-state index in [4.69, 9.17) is 4.52 Å². The summed E-state index contributed by atoms with van der Waals surface area (Å²) in [6.07, 6.45) is 0.791. The molecule has 1 atom stereocenters. The first-order chi connectivity index (χ1) is 8.11. The molecule has 0 saturated heterocycles. The summed E-state index contributed by atoms with van der Waals surface area (Å²) in [4.78, 5) is 4.07. The number of aromatic nitrogens is 2. The van der Waals surface area contributed by atoms with Crippen molar-refractivity contribution in [2.75, 3.05) is 0 Å². The zero-order valence-corrected chi connectivity index (χ0v) is 10.5. The van der Waals surface area contributed by atoms with Crippen LogP contribution in [-0.2, 0) is 0 Å². The molecule has 0 aliphatic heterocycles. The van der Waals surface area contributed by atoms with E-state index >= 15 is 0 Å². The lowest BCUT2D eigenvalue weighted by Gasteiger charge is -1.97. The van der Waals surface area contributed by atoms with Crippen LogP contribution in [0.4, 0.5) is 8.78 Å². The van der Waals surface area contributed by atoms with E-state index in [1.165, 1.54) is 6.07 Å². The van der Waals surface area contributed by atoms with Crippen LogP contribution in [0.1, 0.15) is 24.1 Å². The predicted octanol–water partition coefficient (Wildman–Crippen LogP) is 3.86. The van der Waals surface area contributed by atoms with E-state index < -0.39 is 11.6 Å². The molecule has 0 bridgehead atoms. The van der Waals surface area contributed by atoms with Gasteiger partial charge in [0.25, 0.3) is 0 Å². The fourth-order valence-electron chi connectivity index (χ4n) is 1.29. The van der Waals surface area contributed by atoms with Gasteiger partial charge in [-0.1, -0.05) is 28.0 Å². The lowest BCUT2D eigenvalue weighted by atomic mass is 10.2. The second kappa shape index (κ2) is 4.91. The van der Waals surface area contributed by atoms with Gasteiger partial charge in [0.15, 0.2) is 11.6 Å². The number of nitrogens with zero attached hydrogens (tertiary/aromatic N) is 2. The summed E-state index contributed by atoms with van der Waals surface area (Å²) in [6, 6.07) is 3.48. The average molecular weight is 303 g/mol. The molecule has 2 aromatic rings.